The molecule has 8 nitrogen and oxygen atoms in total. The topological polar surface area (TPSA) is 93.4 Å². The number of benzene rings is 2. The molecule has 0 aliphatic carbocycles. The summed E-state index contributed by atoms with van der Waals surface area (Å²) in [6.45, 7) is 4.22. The first-order valence-corrected chi connectivity index (χ1v) is 12.4. The zero-order chi connectivity index (χ0) is 23.9. The minimum absolute atomic E-state index is 0.0271. The summed E-state index contributed by atoms with van der Waals surface area (Å²) in [6, 6.07) is 7.90. The molecule has 1 fully saturated rings. The molecule has 1 saturated heterocycles. The molecule has 1 N–H and O–H groups in total. The summed E-state index contributed by atoms with van der Waals surface area (Å²) in [5.41, 5.74) is 0.648. The summed E-state index contributed by atoms with van der Waals surface area (Å²) in [7, 11) is -3.70. The van der Waals surface area contributed by atoms with E-state index in [9.17, 15) is 22.4 Å². The first-order valence-electron chi connectivity index (χ1n) is 10.6. The van der Waals surface area contributed by atoms with Crippen LogP contribution in [0.5, 0.6) is 0 Å². The average molecular weight is 495 g/mol. The molecule has 0 saturated carbocycles. The van der Waals surface area contributed by atoms with Gasteiger partial charge in [0.25, 0.3) is 0 Å². The van der Waals surface area contributed by atoms with Gasteiger partial charge in [0.1, 0.15) is 12.4 Å². The van der Waals surface area contributed by atoms with Crippen LogP contribution in [0.15, 0.2) is 46.1 Å². The molecule has 0 unspecified atom stereocenters. The Kier molecular flexibility index (Phi) is 6.35. The fraction of sp³-hybridized carbons (Fsp3) is 0.364. The molecule has 1 aliphatic rings. The molecule has 1 aromatic heterocycles. The molecule has 1 aliphatic heterocycles. The Balaban J connectivity index is 1.75. The smallest absolute Gasteiger partial charge is 0.323 e. The van der Waals surface area contributed by atoms with Crippen molar-refractivity contribution in [2.24, 2.45) is 0 Å². The van der Waals surface area contributed by atoms with E-state index >= 15 is 0 Å². The fourth-order valence-electron chi connectivity index (χ4n) is 4.07. The highest BCUT2D eigenvalue weighted by Crippen LogP contribution is 2.26. The van der Waals surface area contributed by atoms with Gasteiger partial charge in [0, 0.05) is 19.1 Å². The number of halogens is 2. The van der Waals surface area contributed by atoms with Crippen molar-refractivity contribution in [3.05, 3.63) is 57.7 Å². The number of carbonyl (C=O) groups excluding carboxylic acids is 1. The molecule has 2 aromatic carbocycles. The van der Waals surface area contributed by atoms with E-state index in [0.717, 1.165) is 25.0 Å². The third kappa shape index (κ3) is 4.42. The summed E-state index contributed by atoms with van der Waals surface area (Å²) in [4.78, 5) is 26.0. The van der Waals surface area contributed by atoms with E-state index in [0.29, 0.717) is 24.1 Å². The molecule has 11 heteroatoms. The van der Waals surface area contributed by atoms with Crippen LogP contribution in [-0.2, 0) is 21.4 Å². The van der Waals surface area contributed by atoms with Crippen LogP contribution in [0.25, 0.3) is 11.0 Å². The first kappa shape index (κ1) is 23.5. The predicted molar refractivity (Wildman–Crippen MR) is 125 cm³/mol. The molecular formula is C22H24ClFN4O4S. The van der Waals surface area contributed by atoms with Gasteiger partial charge < -0.3 is 5.32 Å². The van der Waals surface area contributed by atoms with Crippen LogP contribution in [0.2, 0.25) is 5.02 Å². The predicted octanol–water partition coefficient (Wildman–Crippen LogP) is 3.60. The van der Waals surface area contributed by atoms with Crippen LogP contribution in [0.1, 0.15) is 32.7 Å². The number of hydrogen-bond donors (Lipinski definition) is 1. The van der Waals surface area contributed by atoms with Gasteiger partial charge in [-0.05, 0) is 63.1 Å². The fourth-order valence-corrected chi connectivity index (χ4v) is 5.83. The number of nitrogens with one attached hydrogen (secondary N) is 1. The molecule has 0 spiro atoms. The molecule has 4 rings (SSSR count). The second kappa shape index (κ2) is 8.92. The van der Waals surface area contributed by atoms with Gasteiger partial charge >= 0.3 is 5.69 Å². The number of fused-ring (bicyclic) bond motifs is 1. The summed E-state index contributed by atoms with van der Waals surface area (Å²) in [5, 5.41) is 2.60. The zero-order valence-electron chi connectivity index (χ0n) is 18.2. The second-order valence-electron chi connectivity index (χ2n) is 8.27. The maximum atomic E-state index is 13.3. The quantitative estimate of drug-likeness (QED) is 0.566. The number of nitrogens with zero attached hydrogens (tertiary/aromatic N) is 3. The van der Waals surface area contributed by atoms with Crippen molar-refractivity contribution in [3.63, 3.8) is 0 Å². The number of hydrogen-bond acceptors (Lipinski definition) is 4. The number of rotatable bonds is 6. The monoisotopic (exact) mass is 494 g/mol. The summed E-state index contributed by atoms with van der Waals surface area (Å²) >= 11 is 5.98. The summed E-state index contributed by atoms with van der Waals surface area (Å²) in [5.74, 6) is -1.10. The normalized spacial score (nSPS) is 14.9. The molecule has 1 amide bonds. The third-order valence-corrected chi connectivity index (χ3v) is 7.87. The maximum Gasteiger partial charge on any atom is 0.329 e. The van der Waals surface area contributed by atoms with Gasteiger partial charge in [-0.25, -0.2) is 17.6 Å². The van der Waals surface area contributed by atoms with E-state index in [1.54, 1.807) is 6.07 Å². The summed E-state index contributed by atoms with van der Waals surface area (Å²) in [6.07, 6.45) is 1.62. The highest BCUT2D eigenvalue weighted by molar-refractivity contribution is 7.89. The Morgan fingerprint density at radius 1 is 1.12 bits per heavy atom. The zero-order valence-corrected chi connectivity index (χ0v) is 19.8. The van der Waals surface area contributed by atoms with E-state index in [1.807, 2.05) is 13.8 Å². The van der Waals surface area contributed by atoms with E-state index < -0.39 is 27.4 Å². The van der Waals surface area contributed by atoms with Crippen molar-refractivity contribution in [2.75, 3.05) is 18.4 Å². The van der Waals surface area contributed by atoms with E-state index in [4.69, 9.17) is 11.6 Å². The lowest BCUT2D eigenvalue weighted by molar-refractivity contribution is -0.116. The molecular weight excluding hydrogens is 471 g/mol. The Bertz CT molecular complexity index is 1390. The lowest BCUT2D eigenvalue weighted by Crippen LogP contribution is -2.30. The SMILES string of the molecule is CC(C)n1c(=O)n(CC(=O)Nc2ccc(F)cc2Cl)c2cc(S(=O)(=O)N3CCCC3)ccc21. The maximum absolute atomic E-state index is 13.3. The van der Waals surface area contributed by atoms with E-state index in [2.05, 4.69) is 5.32 Å². The highest BCUT2D eigenvalue weighted by Gasteiger charge is 2.28. The minimum atomic E-state index is -3.70. The molecule has 0 radical (unpaired) electrons. The molecule has 0 bridgehead atoms. The van der Waals surface area contributed by atoms with Gasteiger partial charge in [-0.2, -0.15) is 4.31 Å². The van der Waals surface area contributed by atoms with Crippen molar-refractivity contribution in [2.45, 2.75) is 44.2 Å². The molecule has 3 aromatic rings. The largest absolute Gasteiger partial charge is 0.329 e. The number of imidazole rings is 1. The van der Waals surface area contributed by atoms with Gasteiger partial charge in [-0.15, -0.1) is 0 Å². The van der Waals surface area contributed by atoms with Gasteiger partial charge in [0.15, 0.2) is 0 Å². The van der Waals surface area contributed by atoms with Crippen LogP contribution >= 0.6 is 11.6 Å². The number of anilines is 1. The van der Waals surface area contributed by atoms with Gasteiger partial charge in [-0.1, -0.05) is 11.6 Å². The second-order valence-corrected chi connectivity index (χ2v) is 10.6. The van der Waals surface area contributed by atoms with Crippen LogP contribution in [0.3, 0.4) is 0 Å². The summed E-state index contributed by atoms with van der Waals surface area (Å²) < 4.78 is 43.6. The van der Waals surface area contributed by atoms with E-state index in [1.165, 1.54) is 31.6 Å². The number of sulfonamides is 1. The van der Waals surface area contributed by atoms with Crippen molar-refractivity contribution in [1.82, 2.24) is 13.4 Å². The molecule has 2 heterocycles. The van der Waals surface area contributed by atoms with Crippen molar-refractivity contribution < 1.29 is 17.6 Å². The lowest BCUT2D eigenvalue weighted by Gasteiger charge is -2.16. The van der Waals surface area contributed by atoms with Crippen molar-refractivity contribution in [3.8, 4) is 0 Å². The molecule has 33 heavy (non-hydrogen) atoms. The Morgan fingerprint density at radius 3 is 2.45 bits per heavy atom. The number of aromatic nitrogens is 2. The third-order valence-electron chi connectivity index (χ3n) is 5.66. The lowest BCUT2D eigenvalue weighted by atomic mass is 10.3. The number of carbonyl (C=O) groups is 1. The van der Waals surface area contributed by atoms with Crippen LogP contribution in [-0.4, -0.2) is 40.9 Å². The van der Waals surface area contributed by atoms with Crippen molar-refractivity contribution >= 4 is 44.3 Å². The van der Waals surface area contributed by atoms with Crippen LogP contribution < -0.4 is 11.0 Å². The van der Waals surface area contributed by atoms with Gasteiger partial charge in [-0.3, -0.25) is 13.9 Å². The van der Waals surface area contributed by atoms with Gasteiger partial charge in [0.05, 0.1) is 26.6 Å². The average Bonchev–Trinajstić information content (AvgIpc) is 3.38. The van der Waals surface area contributed by atoms with Crippen LogP contribution in [0.4, 0.5) is 10.1 Å². The highest BCUT2D eigenvalue weighted by atomic mass is 35.5. The molecule has 0 atom stereocenters. The number of amides is 1. The van der Waals surface area contributed by atoms with Gasteiger partial charge in [0.2, 0.25) is 15.9 Å². The Morgan fingerprint density at radius 2 is 1.82 bits per heavy atom. The Labute approximate surface area is 195 Å². The first-order chi connectivity index (χ1) is 15.6. The molecule has 176 valence electrons. The van der Waals surface area contributed by atoms with E-state index in [-0.39, 0.29) is 28.2 Å². The standard InChI is InChI=1S/C22H24ClFN4O4S/c1-14(2)28-19-8-6-16(33(31,32)26-9-3-4-10-26)12-20(19)27(22(28)30)13-21(29)25-18-7-5-15(24)11-17(18)23/h5-8,11-12,14H,3-4,9-10,13H2,1-2H3,(H,25,29). The van der Waals surface area contributed by atoms with Crippen molar-refractivity contribution in [1.29, 1.82) is 0 Å². The Hall–Kier alpha value is -2.69. The minimum Gasteiger partial charge on any atom is -0.323 e. The van der Waals surface area contributed by atoms with Crippen LogP contribution in [0, 0.1) is 5.82 Å².